The van der Waals surface area contributed by atoms with Crippen LogP contribution in [0.4, 0.5) is 5.69 Å². The number of likely N-dealkylation sites (N-methyl/N-ethyl adjacent to an activating group) is 1. The fourth-order valence-electron chi connectivity index (χ4n) is 2.62. The number of nitrogens with one attached hydrogen (secondary N) is 2. The zero-order valence-electron chi connectivity index (χ0n) is 15.3. The lowest BCUT2D eigenvalue weighted by molar-refractivity contribution is -0.885. The first-order valence-corrected chi connectivity index (χ1v) is 8.49. The van der Waals surface area contributed by atoms with Gasteiger partial charge in [-0.25, -0.2) is 0 Å². The first-order chi connectivity index (χ1) is 12.0. The van der Waals surface area contributed by atoms with Crippen molar-refractivity contribution in [1.29, 1.82) is 0 Å². The molecule has 0 bridgehead atoms. The molecule has 4 heteroatoms. The molecule has 0 aliphatic rings. The minimum Gasteiger partial charge on any atom is -0.490 e. The van der Waals surface area contributed by atoms with E-state index in [9.17, 15) is 4.79 Å². The molecule has 1 amide bonds. The van der Waals surface area contributed by atoms with Gasteiger partial charge >= 0.3 is 0 Å². The van der Waals surface area contributed by atoms with Crippen molar-refractivity contribution in [2.75, 3.05) is 25.5 Å². The maximum Gasteiger partial charge on any atom is 0.279 e. The van der Waals surface area contributed by atoms with Gasteiger partial charge in [-0.1, -0.05) is 24.8 Å². The lowest BCUT2D eigenvalue weighted by Gasteiger charge is -2.15. The molecule has 0 fully saturated rings. The molecule has 132 valence electrons. The van der Waals surface area contributed by atoms with E-state index in [4.69, 9.17) is 4.74 Å². The van der Waals surface area contributed by atoms with Crippen LogP contribution in [0.25, 0.3) is 0 Å². The molecule has 25 heavy (non-hydrogen) atoms. The first kappa shape index (κ1) is 18.7. The summed E-state index contributed by atoms with van der Waals surface area (Å²) in [5.74, 6) is 0.853. The van der Waals surface area contributed by atoms with Crippen molar-refractivity contribution in [1.82, 2.24) is 0 Å². The van der Waals surface area contributed by atoms with Gasteiger partial charge in [0.05, 0.1) is 7.05 Å². The number of anilines is 1. The average molecular weight is 339 g/mol. The van der Waals surface area contributed by atoms with Gasteiger partial charge in [0, 0.05) is 11.3 Å². The highest BCUT2D eigenvalue weighted by Crippen LogP contribution is 2.17. The summed E-state index contributed by atoms with van der Waals surface area (Å²) in [7, 11) is 2.02. The molecule has 4 nitrogen and oxygen atoms in total. The number of benzene rings is 2. The van der Waals surface area contributed by atoms with E-state index in [1.807, 2.05) is 63.4 Å². The normalized spacial score (nSPS) is 11.6. The van der Waals surface area contributed by atoms with Gasteiger partial charge in [-0.05, 0) is 55.3 Å². The fraction of sp³-hybridized carbons (Fsp3) is 0.286. The minimum atomic E-state index is 0.0251. The van der Waals surface area contributed by atoms with Crippen molar-refractivity contribution in [3.63, 3.8) is 0 Å². The second kappa shape index (κ2) is 9.04. The highest BCUT2D eigenvalue weighted by atomic mass is 16.5. The molecule has 2 N–H and O–H groups in total. The van der Waals surface area contributed by atoms with Crippen LogP contribution in [0.3, 0.4) is 0 Å². The predicted molar refractivity (Wildman–Crippen MR) is 102 cm³/mol. The Morgan fingerprint density at radius 1 is 1.20 bits per heavy atom. The van der Waals surface area contributed by atoms with Crippen LogP contribution >= 0.6 is 0 Å². The number of rotatable bonds is 8. The third-order valence-corrected chi connectivity index (χ3v) is 4.14. The molecule has 0 saturated heterocycles. The maximum atomic E-state index is 12.3. The molecule has 0 aliphatic heterocycles. The molecule has 2 aromatic carbocycles. The third kappa shape index (κ3) is 5.76. The van der Waals surface area contributed by atoms with Gasteiger partial charge in [-0.3, -0.25) is 4.79 Å². The van der Waals surface area contributed by atoms with Crippen LogP contribution in [-0.2, 0) is 11.3 Å². The van der Waals surface area contributed by atoms with Crippen molar-refractivity contribution in [3.05, 3.63) is 71.8 Å². The molecule has 2 aromatic rings. The molecule has 0 saturated carbocycles. The summed E-state index contributed by atoms with van der Waals surface area (Å²) in [6, 6.07) is 13.9. The maximum absolute atomic E-state index is 12.3. The van der Waals surface area contributed by atoms with Crippen LogP contribution in [0.1, 0.15) is 16.7 Å². The molecule has 0 heterocycles. The number of aryl methyl sites for hydroxylation is 1. The Morgan fingerprint density at radius 2 is 1.92 bits per heavy atom. The molecule has 1 unspecified atom stereocenters. The summed E-state index contributed by atoms with van der Waals surface area (Å²) in [6.07, 6.45) is 1.72. The highest BCUT2D eigenvalue weighted by molar-refractivity contribution is 5.92. The predicted octanol–water partition coefficient (Wildman–Crippen LogP) is 2.52. The number of quaternary nitrogens is 1. The van der Waals surface area contributed by atoms with Crippen molar-refractivity contribution >= 4 is 11.6 Å². The summed E-state index contributed by atoms with van der Waals surface area (Å²) in [5.41, 5.74) is 4.35. The molecule has 0 spiro atoms. The second-order valence-corrected chi connectivity index (χ2v) is 6.35. The average Bonchev–Trinajstić information content (AvgIpc) is 2.58. The Kier molecular flexibility index (Phi) is 6.78. The van der Waals surface area contributed by atoms with E-state index in [-0.39, 0.29) is 5.91 Å². The molecule has 0 radical (unpaired) electrons. The monoisotopic (exact) mass is 339 g/mol. The van der Waals surface area contributed by atoms with E-state index in [1.165, 1.54) is 11.1 Å². The Hall–Kier alpha value is -2.59. The van der Waals surface area contributed by atoms with Crippen LogP contribution in [0.5, 0.6) is 5.75 Å². The van der Waals surface area contributed by atoms with Crippen molar-refractivity contribution in [2.45, 2.75) is 20.4 Å². The van der Waals surface area contributed by atoms with Crippen LogP contribution in [0.2, 0.25) is 0 Å². The van der Waals surface area contributed by atoms with Gasteiger partial charge in [-0.15, -0.1) is 0 Å². The number of carbonyl (C=O) groups is 1. The molecular weight excluding hydrogens is 312 g/mol. The number of hydrogen-bond acceptors (Lipinski definition) is 2. The quantitative estimate of drug-likeness (QED) is 0.726. The van der Waals surface area contributed by atoms with Crippen molar-refractivity contribution < 1.29 is 14.4 Å². The van der Waals surface area contributed by atoms with E-state index in [0.29, 0.717) is 13.2 Å². The van der Waals surface area contributed by atoms with Crippen LogP contribution in [-0.4, -0.2) is 26.1 Å². The van der Waals surface area contributed by atoms with Gasteiger partial charge in [0.15, 0.2) is 6.54 Å². The topological polar surface area (TPSA) is 42.8 Å². The van der Waals surface area contributed by atoms with Crippen LogP contribution in [0, 0.1) is 13.8 Å². The Labute approximate surface area is 150 Å². The summed E-state index contributed by atoms with van der Waals surface area (Å²) in [5, 5.41) is 3.01. The summed E-state index contributed by atoms with van der Waals surface area (Å²) < 4.78 is 5.48. The lowest BCUT2D eigenvalue weighted by Crippen LogP contribution is -3.08. The number of ether oxygens (including phenoxy) is 1. The molecule has 2 rings (SSSR count). The molecule has 0 aromatic heterocycles. The zero-order valence-corrected chi connectivity index (χ0v) is 15.3. The molecule has 0 aliphatic carbocycles. The number of amides is 1. The highest BCUT2D eigenvalue weighted by Gasteiger charge is 2.12. The SMILES string of the molecule is C=CCOc1ccc(C[NH+](C)CC(=O)Nc2cccc(C)c2C)cc1. The Balaban J connectivity index is 1.86. The van der Waals surface area contributed by atoms with Crippen molar-refractivity contribution in [2.24, 2.45) is 0 Å². The van der Waals surface area contributed by atoms with E-state index in [0.717, 1.165) is 28.4 Å². The standard InChI is InChI=1S/C21H26N2O2/c1-5-13-25-19-11-9-18(10-12-19)14-23(4)15-21(24)22-20-8-6-7-16(2)17(20)3/h5-12H,1,13-15H2,2-4H3,(H,22,24)/p+1. The van der Waals surface area contributed by atoms with Gasteiger partial charge in [0.25, 0.3) is 5.91 Å². The smallest absolute Gasteiger partial charge is 0.279 e. The van der Waals surface area contributed by atoms with E-state index in [1.54, 1.807) is 6.08 Å². The summed E-state index contributed by atoms with van der Waals surface area (Å²) in [6.45, 7) is 9.41. The van der Waals surface area contributed by atoms with Gasteiger partial charge in [0.2, 0.25) is 0 Å². The fourth-order valence-corrected chi connectivity index (χ4v) is 2.62. The van der Waals surface area contributed by atoms with Gasteiger partial charge in [0.1, 0.15) is 18.9 Å². The summed E-state index contributed by atoms with van der Waals surface area (Å²) >= 11 is 0. The first-order valence-electron chi connectivity index (χ1n) is 8.49. The van der Waals surface area contributed by atoms with E-state index < -0.39 is 0 Å². The second-order valence-electron chi connectivity index (χ2n) is 6.35. The number of carbonyl (C=O) groups excluding carboxylic acids is 1. The lowest BCUT2D eigenvalue weighted by atomic mass is 10.1. The Bertz CT molecular complexity index is 723. The van der Waals surface area contributed by atoms with Gasteiger partial charge in [-0.2, -0.15) is 0 Å². The summed E-state index contributed by atoms with van der Waals surface area (Å²) in [4.78, 5) is 13.4. The van der Waals surface area contributed by atoms with Crippen molar-refractivity contribution in [3.8, 4) is 5.75 Å². The van der Waals surface area contributed by atoms with Crippen LogP contribution < -0.4 is 15.0 Å². The Morgan fingerprint density at radius 3 is 2.60 bits per heavy atom. The largest absolute Gasteiger partial charge is 0.490 e. The third-order valence-electron chi connectivity index (χ3n) is 4.14. The van der Waals surface area contributed by atoms with Gasteiger partial charge < -0.3 is 15.0 Å². The van der Waals surface area contributed by atoms with E-state index >= 15 is 0 Å². The zero-order chi connectivity index (χ0) is 18.2. The minimum absolute atomic E-state index is 0.0251. The molecular formula is C21H27N2O2+. The molecule has 1 atom stereocenters. The number of hydrogen-bond donors (Lipinski definition) is 2. The van der Waals surface area contributed by atoms with Crippen LogP contribution in [0.15, 0.2) is 55.1 Å². The van der Waals surface area contributed by atoms with E-state index in [2.05, 4.69) is 11.9 Å².